The Hall–Kier alpha value is -2.08. The molecule has 0 radical (unpaired) electrons. The zero-order valence-electron chi connectivity index (χ0n) is 12.6. The van der Waals surface area contributed by atoms with Gasteiger partial charge in [-0.25, -0.2) is 4.68 Å². The Kier molecular flexibility index (Phi) is 6.02. The largest absolute Gasteiger partial charge is 0.493 e. The number of methoxy groups -OCH3 is 1. The molecule has 0 saturated carbocycles. The third kappa shape index (κ3) is 4.75. The lowest BCUT2D eigenvalue weighted by Crippen LogP contribution is -2.14. The molecule has 0 unspecified atom stereocenters. The van der Waals surface area contributed by atoms with Crippen molar-refractivity contribution in [2.24, 2.45) is 0 Å². The van der Waals surface area contributed by atoms with Gasteiger partial charge in [-0.2, -0.15) is 0 Å². The Labute approximate surface area is 125 Å². The van der Waals surface area contributed by atoms with Crippen LogP contribution in [0.15, 0.2) is 30.5 Å². The van der Waals surface area contributed by atoms with E-state index in [9.17, 15) is 0 Å². The Morgan fingerprint density at radius 3 is 2.81 bits per heavy atom. The van der Waals surface area contributed by atoms with Gasteiger partial charge in [-0.05, 0) is 25.1 Å². The van der Waals surface area contributed by atoms with Crippen LogP contribution in [-0.2, 0) is 13.1 Å². The molecule has 0 bridgehead atoms. The quantitative estimate of drug-likeness (QED) is 0.714. The first-order valence-corrected chi connectivity index (χ1v) is 7.19. The molecule has 0 aliphatic rings. The number of hydrogen-bond acceptors (Lipinski definition) is 5. The molecule has 0 aliphatic carbocycles. The molecule has 0 spiro atoms. The summed E-state index contributed by atoms with van der Waals surface area (Å²) >= 11 is 0. The number of hydrogen-bond donors (Lipinski definition) is 1. The third-order valence-corrected chi connectivity index (χ3v) is 2.97. The van der Waals surface area contributed by atoms with E-state index in [2.05, 4.69) is 22.6 Å². The Morgan fingerprint density at radius 2 is 2.05 bits per heavy atom. The van der Waals surface area contributed by atoms with E-state index < -0.39 is 0 Å². The molecule has 0 fully saturated rings. The molecule has 6 nitrogen and oxygen atoms in total. The first-order chi connectivity index (χ1) is 10.3. The van der Waals surface area contributed by atoms with Gasteiger partial charge < -0.3 is 14.8 Å². The summed E-state index contributed by atoms with van der Waals surface area (Å²) in [6, 6.07) is 7.60. The topological polar surface area (TPSA) is 61.2 Å². The molecule has 1 aromatic carbocycles. The van der Waals surface area contributed by atoms with Crippen LogP contribution in [0, 0.1) is 0 Å². The maximum atomic E-state index is 5.71. The van der Waals surface area contributed by atoms with Crippen molar-refractivity contribution in [1.29, 1.82) is 0 Å². The molecule has 114 valence electrons. The predicted molar refractivity (Wildman–Crippen MR) is 80.5 cm³/mol. The van der Waals surface area contributed by atoms with E-state index in [1.54, 1.807) is 11.8 Å². The second kappa shape index (κ2) is 8.26. The first-order valence-electron chi connectivity index (χ1n) is 7.19. The molecule has 21 heavy (non-hydrogen) atoms. The summed E-state index contributed by atoms with van der Waals surface area (Å²) in [4.78, 5) is 0. The lowest BCUT2D eigenvalue weighted by molar-refractivity contribution is 0.273. The standard InChI is InChI=1S/C15H22N4O2/c1-3-8-16-11-13-12-19(18-17-13)9-10-21-15-7-5-4-6-14(15)20-2/h4-7,12,16H,3,8-11H2,1-2H3. The van der Waals surface area contributed by atoms with Gasteiger partial charge in [-0.15, -0.1) is 5.10 Å². The maximum absolute atomic E-state index is 5.71. The second-order valence-corrected chi connectivity index (χ2v) is 4.65. The normalized spacial score (nSPS) is 10.6. The lowest BCUT2D eigenvalue weighted by atomic mass is 10.3. The van der Waals surface area contributed by atoms with Gasteiger partial charge in [0.25, 0.3) is 0 Å². The monoisotopic (exact) mass is 290 g/mol. The Balaban J connectivity index is 1.78. The fraction of sp³-hybridized carbons (Fsp3) is 0.467. The van der Waals surface area contributed by atoms with Gasteiger partial charge >= 0.3 is 0 Å². The fourth-order valence-electron chi connectivity index (χ4n) is 1.91. The van der Waals surface area contributed by atoms with Gasteiger partial charge in [0.05, 0.1) is 19.3 Å². The van der Waals surface area contributed by atoms with E-state index in [-0.39, 0.29) is 0 Å². The highest BCUT2D eigenvalue weighted by Crippen LogP contribution is 2.25. The van der Waals surface area contributed by atoms with Crippen LogP contribution in [0.5, 0.6) is 11.5 Å². The number of nitrogens with one attached hydrogen (secondary N) is 1. The van der Waals surface area contributed by atoms with Crippen molar-refractivity contribution >= 4 is 0 Å². The Morgan fingerprint density at radius 1 is 1.24 bits per heavy atom. The van der Waals surface area contributed by atoms with Gasteiger partial charge in [-0.3, -0.25) is 0 Å². The highest BCUT2D eigenvalue weighted by Gasteiger charge is 2.04. The SMILES string of the molecule is CCCNCc1cn(CCOc2ccccc2OC)nn1. The molecule has 2 aromatic rings. The molecule has 0 atom stereocenters. The van der Waals surface area contributed by atoms with Crippen molar-refractivity contribution in [2.75, 3.05) is 20.3 Å². The average molecular weight is 290 g/mol. The summed E-state index contributed by atoms with van der Waals surface area (Å²) in [5.41, 5.74) is 0.945. The van der Waals surface area contributed by atoms with Gasteiger partial charge in [0.15, 0.2) is 11.5 Å². The number of ether oxygens (including phenoxy) is 2. The number of para-hydroxylation sites is 2. The van der Waals surface area contributed by atoms with Crippen LogP contribution in [0.2, 0.25) is 0 Å². The van der Waals surface area contributed by atoms with E-state index in [4.69, 9.17) is 9.47 Å². The van der Waals surface area contributed by atoms with Crippen molar-refractivity contribution in [3.8, 4) is 11.5 Å². The zero-order chi connectivity index (χ0) is 14.9. The minimum Gasteiger partial charge on any atom is -0.493 e. The van der Waals surface area contributed by atoms with E-state index in [0.29, 0.717) is 13.2 Å². The summed E-state index contributed by atoms with van der Waals surface area (Å²) in [5, 5.41) is 11.5. The van der Waals surface area contributed by atoms with Crippen LogP contribution >= 0.6 is 0 Å². The highest BCUT2D eigenvalue weighted by molar-refractivity contribution is 5.39. The minimum absolute atomic E-state index is 0.519. The molecule has 1 N–H and O–H groups in total. The molecular formula is C15H22N4O2. The number of aromatic nitrogens is 3. The number of rotatable bonds is 9. The van der Waals surface area contributed by atoms with Crippen LogP contribution < -0.4 is 14.8 Å². The molecule has 2 rings (SSSR count). The van der Waals surface area contributed by atoms with E-state index >= 15 is 0 Å². The van der Waals surface area contributed by atoms with Crippen molar-refractivity contribution in [1.82, 2.24) is 20.3 Å². The summed E-state index contributed by atoms with van der Waals surface area (Å²) in [5.74, 6) is 1.48. The first kappa shape index (κ1) is 15.3. The molecule has 0 amide bonds. The van der Waals surface area contributed by atoms with Crippen LogP contribution in [-0.4, -0.2) is 35.3 Å². The molecule has 1 aromatic heterocycles. The summed E-state index contributed by atoms with van der Waals surface area (Å²) in [7, 11) is 1.63. The van der Waals surface area contributed by atoms with Crippen molar-refractivity contribution in [3.05, 3.63) is 36.2 Å². The highest BCUT2D eigenvalue weighted by atomic mass is 16.5. The van der Waals surface area contributed by atoms with Crippen molar-refractivity contribution < 1.29 is 9.47 Å². The van der Waals surface area contributed by atoms with Gasteiger partial charge in [-0.1, -0.05) is 24.3 Å². The van der Waals surface area contributed by atoms with E-state index in [0.717, 1.165) is 36.7 Å². The van der Waals surface area contributed by atoms with Gasteiger partial charge in [0, 0.05) is 12.7 Å². The molecule has 1 heterocycles. The molecule has 0 saturated heterocycles. The minimum atomic E-state index is 0.519. The molecule has 0 aliphatic heterocycles. The lowest BCUT2D eigenvalue weighted by Gasteiger charge is -2.09. The van der Waals surface area contributed by atoms with Gasteiger partial charge in [0.2, 0.25) is 0 Å². The molecule has 6 heteroatoms. The van der Waals surface area contributed by atoms with Crippen LogP contribution in [0.25, 0.3) is 0 Å². The van der Waals surface area contributed by atoms with Crippen molar-refractivity contribution in [3.63, 3.8) is 0 Å². The van der Waals surface area contributed by atoms with Gasteiger partial charge in [0.1, 0.15) is 6.61 Å². The summed E-state index contributed by atoms with van der Waals surface area (Å²) < 4.78 is 12.7. The third-order valence-electron chi connectivity index (χ3n) is 2.97. The van der Waals surface area contributed by atoms with Crippen LogP contribution in [0.1, 0.15) is 19.0 Å². The van der Waals surface area contributed by atoms with Crippen LogP contribution in [0.3, 0.4) is 0 Å². The second-order valence-electron chi connectivity index (χ2n) is 4.65. The Bertz CT molecular complexity index is 542. The average Bonchev–Trinajstić information content (AvgIpc) is 2.96. The van der Waals surface area contributed by atoms with E-state index in [1.165, 1.54) is 0 Å². The predicted octanol–water partition coefficient (Wildman–Crippen LogP) is 1.87. The number of benzene rings is 1. The van der Waals surface area contributed by atoms with Crippen LogP contribution in [0.4, 0.5) is 0 Å². The summed E-state index contributed by atoms with van der Waals surface area (Å²) in [6.07, 6.45) is 3.05. The van der Waals surface area contributed by atoms with E-state index in [1.807, 2.05) is 30.5 Å². The number of nitrogens with zero attached hydrogens (tertiary/aromatic N) is 3. The maximum Gasteiger partial charge on any atom is 0.161 e. The van der Waals surface area contributed by atoms with Crippen molar-refractivity contribution in [2.45, 2.75) is 26.4 Å². The smallest absolute Gasteiger partial charge is 0.161 e. The fourth-order valence-corrected chi connectivity index (χ4v) is 1.91. The molecular weight excluding hydrogens is 268 g/mol. The summed E-state index contributed by atoms with van der Waals surface area (Å²) in [6.45, 7) is 5.05. The zero-order valence-corrected chi connectivity index (χ0v) is 12.6.